The maximum absolute atomic E-state index is 12.6. The minimum absolute atomic E-state index is 0.125. The Hall–Kier alpha value is -1.47. The van der Waals surface area contributed by atoms with E-state index in [-0.39, 0.29) is 5.91 Å². The van der Waals surface area contributed by atoms with Gasteiger partial charge in [0.1, 0.15) is 10.7 Å². The predicted molar refractivity (Wildman–Crippen MR) is 73.7 cm³/mol. The molecule has 0 N–H and O–H groups in total. The van der Waals surface area contributed by atoms with Crippen LogP contribution in [0, 0.1) is 13.8 Å². The van der Waals surface area contributed by atoms with Gasteiger partial charge in [0.05, 0.1) is 0 Å². The molecule has 0 unspecified atom stereocenters. The van der Waals surface area contributed by atoms with Crippen LogP contribution < -0.4 is 0 Å². The molecule has 0 aromatic carbocycles. The highest BCUT2D eigenvalue weighted by molar-refractivity contribution is 7.19. The molecule has 1 aliphatic heterocycles. The molecular formula is C12H17N5OS. The van der Waals surface area contributed by atoms with E-state index in [1.165, 1.54) is 11.3 Å². The first kappa shape index (κ1) is 12.6. The van der Waals surface area contributed by atoms with E-state index in [0.29, 0.717) is 0 Å². The topological polar surface area (TPSA) is 53.7 Å². The highest BCUT2D eigenvalue weighted by Crippen LogP contribution is 2.24. The quantitative estimate of drug-likeness (QED) is 0.774. The van der Waals surface area contributed by atoms with Crippen molar-refractivity contribution in [1.29, 1.82) is 0 Å². The molecule has 1 aliphatic rings. The van der Waals surface area contributed by atoms with Gasteiger partial charge in [-0.1, -0.05) is 11.3 Å². The van der Waals surface area contributed by atoms with E-state index in [1.54, 1.807) is 0 Å². The summed E-state index contributed by atoms with van der Waals surface area (Å²) in [5.41, 5.74) is 0.950. The summed E-state index contributed by atoms with van der Waals surface area (Å²) in [5, 5.41) is 8.12. The van der Waals surface area contributed by atoms with Crippen molar-refractivity contribution in [3.63, 3.8) is 0 Å². The smallest absolute Gasteiger partial charge is 0.265 e. The third-order valence-corrected chi connectivity index (χ3v) is 4.76. The van der Waals surface area contributed by atoms with E-state index in [1.807, 2.05) is 23.1 Å². The van der Waals surface area contributed by atoms with Gasteiger partial charge in [0, 0.05) is 31.9 Å². The molecule has 0 atom stereocenters. The number of hydrogen-bond donors (Lipinski definition) is 0. The van der Waals surface area contributed by atoms with E-state index < -0.39 is 0 Å². The third kappa shape index (κ3) is 2.02. The summed E-state index contributed by atoms with van der Waals surface area (Å²) in [4.78, 5) is 18.3. The van der Waals surface area contributed by atoms with Crippen LogP contribution in [0.3, 0.4) is 0 Å². The summed E-state index contributed by atoms with van der Waals surface area (Å²) < 4.78 is 1.95. The van der Waals surface area contributed by atoms with Crippen molar-refractivity contribution in [3.05, 3.63) is 16.4 Å². The van der Waals surface area contributed by atoms with Gasteiger partial charge < -0.3 is 9.80 Å². The Labute approximate surface area is 115 Å². The Morgan fingerprint density at radius 2 is 1.84 bits per heavy atom. The van der Waals surface area contributed by atoms with Crippen molar-refractivity contribution < 1.29 is 4.79 Å². The third-order valence-electron chi connectivity index (χ3n) is 3.64. The number of nitrogens with zero attached hydrogens (tertiary/aromatic N) is 5. The summed E-state index contributed by atoms with van der Waals surface area (Å²) in [6.45, 7) is 7.34. The van der Waals surface area contributed by atoms with Crippen molar-refractivity contribution >= 4 is 22.2 Å². The maximum Gasteiger partial charge on any atom is 0.265 e. The highest BCUT2D eigenvalue weighted by atomic mass is 32.1. The number of likely N-dealkylation sites (N-methyl/N-ethyl adjacent to an activating group) is 1. The lowest BCUT2D eigenvalue weighted by atomic mass is 10.3. The van der Waals surface area contributed by atoms with Gasteiger partial charge in [-0.05, 0) is 20.9 Å². The second kappa shape index (κ2) is 4.57. The number of aromatic nitrogens is 3. The molecule has 1 fully saturated rings. The van der Waals surface area contributed by atoms with Crippen LogP contribution in [-0.4, -0.2) is 63.5 Å². The predicted octanol–water partition coefficient (Wildman–Crippen LogP) is 0.795. The number of piperazine rings is 1. The molecule has 0 radical (unpaired) electrons. The first-order valence-electron chi connectivity index (χ1n) is 6.37. The van der Waals surface area contributed by atoms with Gasteiger partial charge in [0.25, 0.3) is 5.91 Å². The first-order valence-corrected chi connectivity index (χ1v) is 7.18. The van der Waals surface area contributed by atoms with Crippen molar-refractivity contribution in [1.82, 2.24) is 24.4 Å². The van der Waals surface area contributed by atoms with Gasteiger partial charge in [-0.2, -0.15) is 0 Å². The van der Waals surface area contributed by atoms with Crippen LogP contribution in [0.25, 0.3) is 4.96 Å². The number of fused-ring (bicyclic) bond motifs is 1. The fourth-order valence-electron chi connectivity index (χ4n) is 2.41. The molecule has 6 nitrogen and oxygen atoms in total. The van der Waals surface area contributed by atoms with Crippen LogP contribution in [0.1, 0.15) is 21.2 Å². The molecule has 0 aliphatic carbocycles. The minimum atomic E-state index is 0.125. The van der Waals surface area contributed by atoms with Crippen LogP contribution >= 0.6 is 11.3 Å². The SMILES string of the molecule is Cc1nnc2sc(C(=O)N3CCN(C)CC3)c(C)n12. The van der Waals surface area contributed by atoms with Crippen LogP contribution in [0.15, 0.2) is 0 Å². The minimum Gasteiger partial charge on any atom is -0.335 e. The van der Waals surface area contributed by atoms with Gasteiger partial charge in [-0.15, -0.1) is 10.2 Å². The van der Waals surface area contributed by atoms with Gasteiger partial charge in [-0.25, -0.2) is 0 Å². The van der Waals surface area contributed by atoms with E-state index in [0.717, 1.165) is 47.5 Å². The molecule has 0 spiro atoms. The molecule has 2 aromatic heterocycles. The molecule has 0 bridgehead atoms. The van der Waals surface area contributed by atoms with E-state index >= 15 is 0 Å². The second-order valence-corrected chi connectivity index (χ2v) is 5.95. The number of carbonyl (C=O) groups is 1. The van der Waals surface area contributed by atoms with E-state index in [4.69, 9.17) is 0 Å². The lowest BCUT2D eigenvalue weighted by Gasteiger charge is -2.32. The Morgan fingerprint density at radius 3 is 2.47 bits per heavy atom. The molecule has 0 saturated carbocycles. The molecule has 19 heavy (non-hydrogen) atoms. The Bertz CT molecular complexity index is 623. The lowest BCUT2D eigenvalue weighted by Crippen LogP contribution is -2.47. The molecule has 2 aromatic rings. The molecule has 1 amide bonds. The summed E-state index contributed by atoms with van der Waals surface area (Å²) in [5.74, 6) is 0.960. The summed E-state index contributed by atoms with van der Waals surface area (Å²) >= 11 is 1.43. The number of thiazole rings is 1. The number of carbonyl (C=O) groups excluding carboxylic acids is 1. The van der Waals surface area contributed by atoms with Crippen LogP contribution in [0.2, 0.25) is 0 Å². The zero-order chi connectivity index (χ0) is 13.6. The average molecular weight is 279 g/mol. The Kier molecular flexibility index (Phi) is 3.02. The Balaban J connectivity index is 1.91. The largest absolute Gasteiger partial charge is 0.335 e. The van der Waals surface area contributed by atoms with Crippen LogP contribution in [0.4, 0.5) is 0 Å². The number of rotatable bonds is 1. The fraction of sp³-hybridized carbons (Fsp3) is 0.583. The van der Waals surface area contributed by atoms with Crippen molar-refractivity contribution in [3.8, 4) is 0 Å². The summed E-state index contributed by atoms with van der Waals surface area (Å²) in [6.07, 6.45) is 0. The number of aryl methyl sites for hydroxylation is 2. The van der Waals surface area contributed by atoms with Gasteiger partial charge >= 0.3 is 0 Å². The molecule has 7 heteroatoms. The highest BCUT2D eigenvalue weighted by Gasteiger charge is 2.25. The van der Waals surface area contributed by atoms with E-state index in [2.05, 4.69) is 22.1 Å². The summed E-state index contributed by atoms with van der Waals surface area (Å²) in [7, 11) is 2.08. The standard InChI is InChI=1S/C12H17N5OS/c1-8-10(19-12-14-13-9(2)17(8)12)11(18)16-6-4-15(3)5-7-16/h4-7H2,1-3H3. The molecule has 1 saturated heterocycles. The lowest BCUT2D eigenvalue weighted by molar-refractivity contribution is 0.0668. The van der Waals surface area contributed by atoms with E-state index in [9.17, 15) is 4.79 Å². The van der Waals surface area contributed by atoms with Crippen LogP contribution in [-0.2, 0) is 0 Å². The zero-order valence-corrected chi connectivity index (χ0v) is 12.2. The first-order chi connectivity index (χ1) is 9.08. The molecular weight excluding hydrogens is 262 g/mol. The van der Waals surface area contributed by atoms with Crippen molar-refractivity contribution in [2.24, 2.45) is 0 Å². The zero-order valence-electron chi connectivity index (χ0n) is 11.4. The monoisotopic (exact) mass is 279 g/mol. The fourth-order valence-corrected chi connectivity index (χ4v) is 3.49. The Morgan fingerprint density at radius 1 is 1.16 bits per heavy atom. The summed E-state index contributed by atoms with van der Waals surface area (Å²) in [6, 6.07) is 0. The normalized spacial score (nSPS) is 17.3. The average Bonchev–Trinajstić information content (AvgIpc) is 2.91. The van der Waals surface area contributed by atoms with Gasteiger partial charge in [-0.3, -0.25) is 9.20 Å². The number of amides is 1. The van der Waals surface area contributed by atoms with Gasteiger partial charge in [0.2, 0.25) is 4.96 Å². The number of hydrogen-bond acceptors (Lipinski definition) is 5. The molecule has 3 rings (SSSR count). The van der Waals surface area contributed by atoms with Crippen molar-refractivity contribution in [2.45, 2.75) is 13.8 Å². The molecule has 102 valence electrons. The maximum atomic E-state index is 12.6. The molecule has 3 heterocycles. The second-order valence-electron chi connectivity index (χ2n) is 4.98. The van der Waals surface area contributed by atoms with Crippen LogP contribution in [0.5, 0.6) is 0 Å². The van der Waals surface area contributed by atoms with Gasteiger partial charge in [0.15, 0.2) is 0 Å². The van der Waals surface area contributed by atoms with Crippen molar-refractivity contribution in [2.75, 3.05) is 33.2 Å².